The second-order valence-electron chi connectivity index (χ2n) is 9.49. The standard InChI is InChI=1S/C17H25BrN2OS.C13H18N4/c1-13-7-8-17(21-13)12-22-10-4-9-19-14(2)20-16-6-3-5-15(18)11-16;1-5-7-14-13-12(11(4)16-9-17-13)15-8-10(3)6-2/h3,5-6,11,13,17,19-20H,2,4,7-10,12H2,1H3;1,8-10H,6-7H2,2-4H3,(H,14,16,17)/t;10-/m.1/s1. The van der Waals surface area contributed by atoms with E-state index in [0.717, 1.165) is 58.3 Å². The monoisotopic (exact) mass is 614 g/mol. The zero-order chi connectivity index (χ0) is 28.5. The lowest BCUT2D eigenvalue weighted by Crippen LogP contribution is -2.20. The number of aromatic nitrogens is 2. The van der Waals surface area contributed by atoms with Gasteiger partial charge in [0.1, 0.15) is 12.0 Å². The molecular weight excluding hydrogens is 572 g/mol. The maximum atomic E-state index is 5.82. The lowest BCUT2D eigenvalue weighted by Gasteiger charge is -2.13. The molecule has 2 heterocycles. The first-order valence-electron chi connectivity index (χ1n) is 13.5. The Morgan fingerprint density at radius 3 is 2.90 bits per heavy atom. The largest absolute Gasteiger partial charge is 0.374 e. The van der Waals surface area contributed by atoms with Gasteiger partial charge in [0.2, 0.25) is 0 Å². The summed E-state index contributed by atoms with van der Waals surface area (Å²) in [6, 6.07) is 8.07. The van der Waals surface area contributed by atoms with Crippen LogP contribution < -0.4 is 16.0 Å². The van der Waals surface area contributed by atoms with Crippen LogP contribution in [0.3, 0.4) is 0 Å². The van der Waals surface area contributed by atoms with Gasteiger partial charge in [-0.3, -0.25) is 4.99 Å². The van der Waals surface area contributed by atoms with Crippen molar-refractivity contribution >= 4 is 51.1 Å². The van der Waals surface area contributed by atoms with E-state index in [1.165, 1.54) is 19.2 Å². The van der Waals surface area contributed by atoms with Crippen molar-refractivity contribution < 1.29 is 4.74 Å². The van der Waals surface area contributed by atoms with Crippen LogP contribution in [0.25, 0.3) is 0 Å². The van der Waals surface area contributed by atoms with E-state index in [1.54, 1.807) is 0 Å². The number of thioether (sulfide) groups is 1. The molecule has 0 aliphatic carbocycles. The second-order valence-corrected chi connectivity index (χ2v) is 11.6. The first-order chi connectivity index (χ1) is 18.8. The molecule has 1 fully saturated rings. The number of aryl methyl sites for hydroxylation is 1. The van der Waals surface area contributed by atoms with E-state index < -0.39 is 0 Å². The van der Waals surface area contributed by atoms with Gasteiger partial charge in [0.15, 0.2) is 5.82 Å². The van der Waals surface area contributed by atoms with Crippen LogP contribution in [0.5, 0.6) is 0 Å². The van der Waals surface area contributed by atoms with E-state index in [9.17, 15) is 0 Å². The van der Waals surface area contributed by atoms with Crippen LogP contribution in [-0.2, 0) is 4.74 Å². The third-order valence-electron chi connectivity index (χ3n) is 6.01. The number of aliphatic imine (C=N–C) groups is 1. The highest BCUT2D eigenvalue weighted by Crippen LogP contribution is 2.25. The van der Waals surface area contributed by atoms with E-state index in [4.69, 9.17) is 11.2 Å². The fourth-order valence-electron chi connectivity index (χ4n) is 3.61. The topological polar surface area (TPSA) is 83.5 Å². The van der Waals surface area contributed by atoms with Crippen LogP contribution in [0.1, 0.15) is 52.1 Å². The van der Waals surface area contributed by atoms with Crippen molar-refractivity contribution in [2.75, 3.05) is 35.2 Å². The lowest BCUT2D eigenvalue weighted by atomic mass is 10.1. The van der Waals surface area contributed by atoms with Gasteiger partial charge in [-0.1, -0.05) is 48.3 Å². The fourth-order valence-corrected chi connectivity index (χ4v) is 5.04. The van der Waals surface area contributed by atoms with Crippen molar-refractivity contribution in [3.63, 3.8) is 0 Å². The summed E-state index contributed by atoms with van der Waals surface area (Å²) in [5.41, 5.74) is 2.65. The first kappa shape index (κ1) is 32.7. The van der Waals surface area contributed by atoms with Crippen LogP contribution in [-0.4, -0.2) is 53.0 Å². The number of halogens is 1. The van der Waals surface area contributed by atoms with E-state index >= 15 is 0 Å². The van der Waals surface area contributed by atoms with Crippen LogP contribution in [0, 0.1) is 25.2 Å². The van der Waals surface area contributed by atoms with Gasteiger partial charge in [-0.2, -0.15) is 11.8 Å². The Labute approximate surface area is 247 Å². The van der Waals surface area contributed by atoms with Gasteiger partial charge in [0.25, 0.3) is 0 Å². The molecule has 0 spiro atoms. The Morgan fingerprint density at radius 1 is 1.38 bits per heavy atom. The van der Waals surface area contributed by atoms with Gasteiger partial charge in [0, 0.05) is 28.7 Å². The molecule has 0 amide bonds. The molecule has 3 atom stereocenters. The van der Waals surface area contributed by atoms with Gasteiger partial charge in [-0.05, 0) is 69.4 Å². The molecule has 1 aliphatic heterocycles. The van der Waals surface area contributed by atoms with Crippen LogP contribution in [0.15, 0.2) is 52.5 Å². The van der Waals surface area contributed by atoms with E-state index in [0.29, 0.717) is 30.5 Å². The summed E-state index contributed by atoms with van der Waals surface area (Å²) in [6.45, 7) is 13.7. The highest BCUT2D eigenvalue weighted by molar-refractivity contribution is 9.10. The Morgan fingerprint density at radius 2 is 2.21 bits per heavy atom. The molecule has 1 aliphatic rings. The third-order valence-corrected chi connectivity index (χ3v) is 7.69. The van der Waals surface area contributed by atoms with Crippen molar-refractivity contribution in [1.29, 1.82) is 0 Å². The number of anilines is 2. The van der Waals surface area contributed by atoms with Gasteiger partial charge < -0.3 is 20.7 Å². The number of ether oxygens (including phenoxy) is 1. The minimum Gasteiger partial charge on any atom is -0.374 e. The highest BCUT2D eigenvalue weighted by Gasteiger charge is 2.21. The third kappa shape index (κ3) is 13.4. The van der Waals surface area contributed by atoms with Gasteiger partial charge in [0.05, 0.1) is 30.3 Å². The van der Waals surface area contributed by atoms with Crippen molar-refractivity contribution in [3.8, 4) is 12.3 Å². The van der Waals surface area contributed by atoms with E-state index in [-0.39, 0.29) is 0 Å². The van der Waals surface area contributed by atoms with Crippen molar-refractivity contribution in [2.45, 2.75) is 65.6 Å². The Hall–Kier alpha value is -2.54. The lowest BCUT2D eigenvalue weighted by molar-refractivity contribution is 0.0700. The number of hydrogen-bond donors (Lipinski definition) is 3. The van der Waals surface area contributed by atoms with Crippen LogP contribution in [0.2, 0.25) is 0 Å². The zero-order valence-electron chi connectivity index (χ0n) is 23.7. The maximum Gasteiger partial charge on any atom is 0.156 e. The van der Waals surface area contributed by atoms with Crippen molar-refractivity contribution in [2.24, 2.45) is 10.9 Å². The molecule has 3 N–H and O–H groups in total. The van der Waals surface area contributed by atoms with Crippen molar-refractivity contribution in [1.82, 2.24) is 15.3 Å². The number of rotatable bonds is 14. The minimum atomic E-state index is 0.433. The van der Waals surface area contributed by atoms with E-state index in [2.05, 4.69) is 80.1 Å². The van der Waals surface area contributed by atoms with Crippen molar-refractivity contribution in [3.05, 3.63) is 53.2 Å². The zero-order valence-corrected chi connectivity index (χ0v) is 26.1. The van der Waals surface area contributed by atoms with E-state index in [1.807, 2.05) is 49.2 Å². The molecule has 0 radical (unpaired) electrons. The second kappa shape index (κ2) is 18.7. The molecule has 39 heavy (non-hydrogen) atoms. The molecular formula is C30H43BrN6OS. The Bertz CT molecular complexity index is 1090. The van der Waals surface area contributed by atoms with Gasteiger partial charge in [-0.15, -0.1) is 6.42 Å². The SMILES string of the molecule is C#CCNc1ncnc(C)c1N=C[C@H](C)CC.C=C(NCCCSCC1CCC(C)O1)Nc1cccc(Br)c1. The minimum absolute atomic E-state index is 0.433. The van der Waals surface area contributed by atoms with Crippen LogP contribution >= 0.6 is 27.7 Å². The summed E-state index contributed by atoms with van der Waals surface area (Å²) in [7, 11) is 0. The number of nitrogens with zero attached hydrogens (tertiary/aromatic N) is 3. The fraction of sp³-hybridized carbons (Fsp3) is 0.500. The first-order valence-corrected chi connectivity index (χ1v) is 15.5. The molecule has 3 rings (SSSR count). The summed E-state index contributed by atoms with van der Waals surface area (Å²) in [5.74, 6) is 6.77. The molecule has 1 saturated heterocycles. The molecule has 9 heteroatoms. The summed E-state index contributed by atoms with van der Waals surface area (Å²) in [4.78, 5) is 12.7. The summed E-state index contributed by atoms with van der Waals surface area (Å²) >= 11 is 5.45. The predicted octanol–water partition coefficient (Wildman–Crippen LogP) is 7.19. The molecule has 212 valence electrons. The average molecular weight is 616 g/mol. The average Bonchev–Trinajstić information content (AvgIpc) is 3.33. The molecule has 0 saturated carbocycles. The molecule has 2 unspecified atom stereocenters. The normalized spacial score (nSPS) is 17.1. The molecule has 7 nitrogen and oxygen atoms in total. The Balaban J connectivity index is 0.000000283. The highest BCUT2D eigenvalue weighted by atomic mass is 79.9. The molecule has 1 aromatic carbocycles. The summed E-state index contributed by atoms with van der Waals surface area (Å²) < 4.78 is 6.88. The van der Waals surface area contributed by atoms with Gasteiger partial charge in [-0.25, -0.2) is 9.97 Å². The number of nitrogens with one attached hydrogen (secondary N) is 3. The predicted molar refractivity (Wildman–Crippen MR) is 172 cm³/mol. The van der Waals surface area contributed by atoms with Crippen LogP contribution in [0.4, 0.5) is 17.2 Å². The van der Waals surface area contributed by atoms with Gasteiger partial charge >= 0.3 is 0 Å². The quantitative estimate of drug-likeness (QED) is 0.118. The number of benzene rings is 1. The molecule has 0 bridgehead atoms. The smallest absolute Gasteiger partial charge is 0.156 e. The molecule has 2 aromatic rings. The molecule has 1 aromatic heterocycles. The summed E-state index contributed by atoms with van der Waals surface area (Å²) in [6.07, 6.45) is 14.2. The number of hydrogen-bond acceptors (Lipinski definition) is 8. The number of terminal acetylenes is 1. The maximum absolute atomic E-state index is 5.82. The Kier molecular flexibility index (Phi) is 15.7. The summed E-state index contributed by atoms with van der Waals surface area (Å²) in [5, 5.41) is 9.63.